The normalized spacial score (nSPS) is 14.3. The predicted octanol–water partition coefficient (Wildman–Crippen LogP) is 3.74. The predicted molar refractivity (Wildman–Crippen MR) is 92.9 cm³/mol. The van der Waals surface area contributed by atoms with E-state index in [-0.39, 0.29) is 22.7 Å². The van der Waals surface area contributed by atoms with Gasteiger partial charge in [-0.05, 0) is 50.3 Å². The van der Waals surface area contributed by atoms with Gasteiger partial charge in [-0.25, -0.2) is 0 Å². The van der Waals surface area contributed by atoms with Crippen molar-refractivity contribution in [3.05, 3.63) is 63.7 Å². The molecule has 0 atom stereocenters. The minimum atomic E-state index is -0.568. The van der Waals surface area contributed by atoms with Crippen molar-refractivity contribution in [1.82, 2.24) is 0 Å². The lowest BCUT2D eigenvalue weighted by atomic mass is 10.0. The van der Waals surface area contributed by atoms with Crippen LogP contribution in [-0.2, 0) is 0 Å². The molecule has 0 bridgehead atoms. The van der Waals surface area contributed by atoms with E-state index in [1.807, 2.05) is 19.9 Å². The van der Waals surface area contributed by atoms with Gasteiger partial charge in [-0.1, -0.05) is 6.08 Å². The molecule has 0 unspecified atom stereocenters. The maximum absolute atomic E-state index is 12.3. The van der Waals surface area contributed by atoms with E-state index in [1.54, 1.807) is 6.08 Å². The molecule has 2 N–H and O–H groups in total. The Hall–Kier alpha value is -3.35. The number of aromatic hydroxyl groups is 1. The SMILES string of the molecule is CC1(C)C=Cc2cc(NC(=O)c3ccc(O)cc3)c([N+](=O)[O-])cc2O1. The first-order valence-corrected chi connectivity index (χ1v) is 7.56. The maximum atomic E-state index is 12.3. The first kappa shape index (κ1) is 16.5. The van der Waals surface area contributed by atoms with Crippen molar-refractivity contribution in [3.63, 3.8) is 0 Å². The van der Waals surface area contributed by atoms with Crippen LogP contribution in [0, 0.1) is 10.1 Å². The molecule has 1 aliphatic rings. The van der Waals surface area contributed by atoms with E-state index >= 15 is 0 Å². The molecule has 3 rings (SSSR count). The molecule has 0 spiro atoms. The summed E-state index contributed by atoms with van der Waals surface area (Å²) in [7, 11) is 0. The van der Waals surface area contributed by atoms with Crippen LogP contribution >= 0.6 is 0 Å². The lowest BCUT2D eigenvalue weighted by Gasteiger charge is -2.27. The van der Waals surface area contributed by atoms with Crippen LogP contribution in [0.4, 0.5) is 11.4 Å². The largest absolute Gasteiger partial charge is 0.508 e. The summed E-state index contributed by atoms with van der Waals surface area (Å²) in [6.07, 6.45) is 3.64. The molecule has 0 aromatic heterocycles. The fourth-order valence-corrected chi connectivity index (χ4v) is 2.47. The molecule has 0 saturated heterocycles. The van der Waals surface area contributed by atoms with E-state index in [0.717, 1.165) is 0 Å². The number of rotatable bonds is 3. The number of nitrogens with one attached hydrogen (secondary N) is 1. The first-order valence-electron chi connectivity index (χ1n) is 7.56. The van der Waals surface area contributed by atoms with Crippen LogP contribution in [0.15, 0.2) is 42.5 Å². The highest BCUT2D eigenvalue weighted by Crippen LogP contribution is 2.38. The number of hydrogen-bond donors (Lipinski definition) is 2. The van der Waals surface area contributed by atoms with Gasteiger partial charge in [0, 0.05) is 11.1 Å². The second kappa shape index (κ2) is 5.94. The fraction of sp³-hybridized carbons (Fsp3) is 0.167. The van der Waals surface area contributed by atoms with E-state index in [1.165, 1.54) is 36.4 Å². The Bertz CT molecular complexity index is 885. The van der Waals surface area contributed by atoms with E-state index < -0.39 is 16.4 Å². The van der Waals surface area contributed by atoms with Crippen molar-refractivity contribution in [2.45, 2.75) is 19.4 Å². The van der Waals surface area contributed by atoms with Crippen molar-refractivity contribution in [2.75, 3.05) is 5.32 Å². The summed E-state index contributed by atoms with van der Waals surface area (Å²) < 4.78 is 5.74. The van der Waals surface area contributed by atoms with Crippen LogP contribution in [0.5, 0.6) is 11.5 Å². The summed E-state index contributed by atoms with van der Waals surface area (Å²) in [5.74, 6) is -0.0906. The molecular weight excluding hydrogens is 324 g/mol. The van der Waals surface area contributed by atoms with E-state index in [9.17, 15) is 20.0 Å². The monoisotopic (exact) mass is 340 g/mol. The minimum Gasteiger partial charge on any atom is -0.508 e. The number of hydrogen-bond acceptors (Lipinski definition) is 5. The van der Waals surface area contributed by atoms with Gasteiger partial charge in [-0.3, -0.25) is 14.9 Å². The van der Waals surface area contributed by atoms with Gasteiger partial charge in [-0.15, -0.1) is 0 Å². The Morgan fingerprint density at radius 2 is 1.92 bits per heavy atom. The summed E-state index contributed by atoms with van der Waals surface area (Å²) in [5, 5.41) is 23.2. The fourth-order valence-electron chi connectivity index (χ4n) is 2.47. The van der Waals surface area contributed by atoms with Crippen LogP contribution in [0.1, 0.15) is 29.8 Å². The minimum absolute atomic E-state index is 0.0289. The Balaban J connectivity index is 1.97. The van der Waals surface area contributed by atoms with E-state index in [4.69, 9.17) is 4.74 Å². The molecule has 1 amide bonds. The number of phenolic OH excluding ortho intramolecular Hbond substituents is 1. The van der Waals surface area contributed by atoms with Crippen LogP contribution in [0.3, 0.4) is 0 Å². The highest BCUT2D eigenvalue weighted by Gasteiger charge is 2.26. The van der Waals surface area contributed by atoms with Gasteiger partial charge in [0.15, 0.2) is 0 Å². The lowest BCUT2D eigenvalue weighted by Crippen LogP contribution is -2.27. The van der Waals surface area contributed by atoms with Gasteiger partial charge in [-0.2, -0.15) is 0 Å². The van der Waals surface area contributed by atoms with Crippen molar-refractivity contribution in [3.8, 4) is 11.5 Å². The smallest absolute Gasteiger partial charge is 0.296 e. The third kappa shape index (κ3) is 3.45. The zero-order valence-corrected chi connectivity index (χ0v) is 13.6. The number of fused-ring (bicyclic) bond motifs is 1. The average molecular weight is 340 g/mol. The number of amides is 1. The van der Waals surface area contributed by atoms with E-state index in [0.29, 0.717) is 11.3 Å². The third-order valence-corrected chi connectivity index (χ3v) is 3.74. The number of carbonyl (C=O) groups excluding carboxylic acids is 1. The van der Waals surface area contributed by atoms with Crippen molar-refractivity contribution >= 4 is 23.4 Å². The third-order valence-electron chi connectivity index (χ3n) is 3.74. The Morgan fingerprint density at radius 3 is 2.56 bits per heavy atom. The van der Waals surface area contributed by atoms with Gasteiger partial charge in [0.05, 0.1) is 11.0 Å². The second-order valence-electron chi connectivity index (χ2n) is 6.20. The van der Waals surface area contributed by atoms with Crippen LogP contribution in [0.2, 0.25) is 0 Å². The molecule has 2 aromatic rings. The number of benzene rings is 2. The summed E-state index contributed by atoms with van der Waals surface area (Å²) in [6, 6.07) is 8.43. The first-order chi connectivity index (χ1) is 11.7. The Labute approximate surface area is 143 Å². The summed E-state index contributed by atoms with van der Waals surface area (Å²) in [5.41, 5.74) is 0.188. The zero-order chi connectivity index (χ0) is 18.2. The number of phenols is 1. The van der Waals surface area contributed by atoms with Crippen LogP contribution < -0.4 is 10.1 Å². The molecule has 0 aliphatic carbocycles. The Kier molecular flexibility index (Phi) is 3.92. The highest BCUT2D eigenvalue weighted by molar-refractivity contribution is 6.05. The molecule has 7 heteroatoms. The number of ether oxygens (including phenoxy) is 1. The quantitative estimate of drug-likeness (QED) is 0.654. The molecule has 2 aromatic carbocycles. The summed E-state index contributed by atoms with van der Waals surface area (Å²) in [4.78, 5) is 23.1. The standard InChI is InChI=1S/C18H16N2O5/c1-18(2)8-7-12-9-14(15(20(23)24)10-16(12)25-18)19-17(22)11-3-5-13(21)6-4-11/h3-10,21H,1-2H3,(H,19,22). The molecule has 0 saturated carbocycles. The van der Waals surface area contributed by atoms with Crippen LogP contribution in [-0.4, -0.2) is 21.5 Å². The second-order valence-corrected chi connectivity index (χ2v) is 6.20. The average Bonchev–Trinajstić information content (AvgIpc) is 2.54. The molecule has 128 valence electrons. The molecule has 0 radical (unpaired) electrons. The summed E-state index contributed by atoms with van der Waals surface area (Å²) >= 11 is 0. The van der Waals surface area contributed by atoms with Gasteiger partial charge in [0.1, 0.15) is 22.8 Å². The molecule has 0 fully saturated rings. The maximum Gasteiger partial charge on any atom is 0.296 e. The number of anilines is 1. The number of carbonyl (C=O) groups is 1. The lowest BCUT2D eigenvalue weighted by molar-refractivity contribution is -0.384. The van der Waals surface area contributed by atoms with E-state index in [2.05, 4.69) is 5.32 Å². The molecule has 1 aliphatic heterocycles. The van der Waals surface area contributed by atoms with Crippen molar-refractivity contribution in [2.24, 2.45) is 0 Å². The Morgan fingerprint density at radius 1 is 1.24 bits per heavy atom. The van der Waals surface area contributed by atoms with Crippen LogP contribution in [0.25, 0.3) is 6.08 Å². The topological polar surface area (TPSA) is 102 Å². The molecular formula is C18H16N2O5. The highest BCUT2D eigenvalue weighted by atomic mass is 16.6. The molecule has 25 heavy (non-hydrogen) atoms. The van der Waals surface area contributed by atoms with Gasteiger partial charge >= 0.3 is 0 Å². The van der Waals surface area contributed by atoms with Crippen molar-refractivity contribution < 1.29 is 19.6 Å². The van der Waals surface area contributed by atoms with Gasteiger partial charge in [0.25, 0.3) is 11.6 Å². The number of nitro groups is 1. The van der Waals surface area contributed by atoms with Gasteiger partial charge < -0.3 is 15.2 Å². The van der Waals surface area contributed by atoms with Crippen molar-refractivity contribution in [1.29, 1.82) is 0 Å². The molecule has 7 nitrogen and oxygen atoms in total. The molecule has 1 heterocycles. The summed E-state index contributed by atoms with van der Waals surface area (Å²) in [6.45, 7) is 3.69. The van der Waals surface area contributed by atoms with Gasteiger partial charge in [0.2, 0.25) is 0 Å². The number of nitrogens with zero attached hydrogens (tertiary/aromatic N) is 1. The number of nitro benzene ring substituents is 1. The zero-order valence-electron chi connectivity index (χ0n) is 13.6.